The zero-order valence-electron chi connectivity index (χ0n) is 20.0. The van der Waals surface area contributed by atoms with Crippen LogP contribution in [0.15, 0.2) is 29.7 Å². The highest BCUT2D eigenvalue weighted by Crippen LogP contribution is 2.39. The van der Waals surface area contributed by atoms with Crippen LogP contribution in [0.4, 0.5) is 5.95 Å². The molecule has 2 aromatic heterocycles. The number of benzene rings is 1. The fourth-order valence-electron chi connectivity index (χ4n) is 5.61. The molecule has 3 aromatic rings. The van der Waals surface area contributed by atoms with E-state index in [4.69, 9.17) is 19.4 Å². The fraction of sp³-hybridized carbons (Fsp3) is 0.481. The van der Waals surface area contributed by atoms with Crippen LogP contribution in [0.1, 0.15) is 16.7 Å². The molecule has 7 nitrogen and oxygen atoms in total. The van der Waals surface area contributed by atoms with E-state index in [9.17, 15) is 0 Å². The molecule has 7 rings (SSSR count). The molecule has 0 N–H and O–H groups in total. The first kappa shape index (κ1) is 21.9. The molecule has 0 spiro atoms. The van der Waals surface area contributed by atoms with Crippen LogP contribution in [-0.2, 0) is 22.4 Å². The van der Waals surface area contributed by atoms with E-state index < -0.39 is 0 Å². The summed E-state index contributed by atoms with van der Waals surface area (Å²) in [6.45, 7) is 10.3. The topological polar surface area (TPSA) is 54.0 Å². The summed E-state index contributed by atoms with van der Waals surface area (Å²) in [6, 6.07) is 7.26. The molecule has 0 unspecified atom stereocenters. The monoisotopic (exact) mass is 489 g/mol. The van der Waals surface area contributed by atoms with Gasteiger partial charge in [-0.25, -0.2) is 9.97 Å². The van der Waals surface area contributed by atoms with Gasteiger partial charge in [-0.15, -0.1) is 11.3 Å². The van der Waals surface area contributed by atoms with E-state index in [1.165, 1.54) is 27.0 Å². The molecule has 1 aromatic carbocycles. The van der Waals surface area contributed by atoms with Gasteiger partial charge in [0, 0.05) is 56.9 Å². The smallest absolute Gasteiger partial charge is 0.226 e. The van der Waals surface area contributed by atoms with Crippen molar-refractivity contribution in [1.29, 1.82) is 0 Å². The SMILES string of the molecule is C1=Cc2c(cccc2-c2nc(N3CCOCC3)nc3c(CN4CCN(C5COC5)CC4)csc23)C1. The number of morpholine rings is 1. The zero-order chi connectivity index (χ0) is 23.2. The van der Waals surface area contributed by atoms with E-state index in [0.717, 1.165) is 95.8 Å². The lowest BCUT2D eigenvalue weighted by Gasteiger charge is -2.42. The van der Waals surface area contributed by atoms with Gasteiger partial charge in [0.1, 0.15) is 0 Å². The first-order valence-electron chi connectivity index (χ1n) is 12.8. The second kappa shape index (κ2) is 9.26. The maximum absolute atomic E-state index is 5.61. The number of allylic oxidation sites excluding steroid dienone is 1. The quantitative estimate of drug-likeness (QED) is 0.545. The highest BCUT2D eigenvalue weighted by Gasteiger charge is 2.29. The molecule has 3 saturated heterocycles. The molecule has 4 aliphatic rings. The Balaban J connectivity index is 1.24. The summed E-state index contributed by atoms with van der Waals surface area (Å²) in [6.07, 6.45) is 5.52. The molecule has 3 fully saturated rings. The number of nitrogens with zero attached hydrogens (tertiary/aromatic N) is 5. The van der Waals surface area contributed by atoms with E-state index in [0.29, 0.717) is 6.04 Å². The van der Waals surface area contributed by atoms with Gasteiger partial charge in [-0.2, -0.15) is 0 Å². The molecule has 0 bridgehead atoms. The van der Waals surface area contributed by atoms with Crippen molar-refractivity contribution in [2.45, 2.75) is 19.0 Å². The normalized spacial score (nSPS) is 21.5. The van der Waals surface area contributed by atoms with Gasteiger partial charge >= 0.3 is 0 Å². The third kappa shape index (κ3) is 4.07. The molecular weight excluding hydrogens is 458 g/mol. The minimum Gasteiger partial charge on any atom is -0.378 e. The van der Waals surface area contributed by atoms with Crippen LogP contribution in [0.2, 0.25) is 0 Å². The van der Waals surface area contributed by atoms with Gasteiger partial charge in [-0.1, -0.05) is 30.4 Å². The van der Waals surface area contributed by atoms with Gasteiger partial charge in [0.2, 0.25) is 5.95 Å². The van der Waals surface area contributed by atoms with Crippen molar-refractivity contribution < 1.29 is 9.47 Å². The number of hydrogen-bond donors (Lipinski definition) is 0. The Hall–Kier alpha value is -2.36. The van der Waals surface area contributed by atoms with Gasteiger partial charge in [-0.05, 0) is 22.9 Å². The fourth-order valence-corrected chi connectivity index (χ4v) is 6.61. The minimum atomic E-state index is 0.632. The van der Waals surface area contributed by atoms with Crippen molar-refractivity contribution in [3.05, 3.63) is 46.3 Å². The highest BCUT2D eigenvalue weighted by molar-refractivity contribution is 7.17. The van der Waals surface area contributed by atoms with Crippen LogP contribution in [0, 0.1) is 0 Å². The second-order valence-corrected chi connectivity index (χ2v) is 10.8. The molecule has 5 heterocycles. The number of rotatable bonds is 5. The van der Waals surface area contributed by atoms with Gasteiger partial charge in [0.05, 0.1) is 48.4 Å². The summed E-state index contributed by atoms with van der Waals surface area (Å²) in [7, 11) is 0. The third-order valence-corrected chi connectivity index (χ3v) is 8.81. The van der Waals surface area contributed by atoms with Crippen LogP contribution in [0.25, 0.3) is 27.6 Å². The van der Waals surface area contributed by atoms with Crippen molar-refractivity contribution in [2.24, 2.45) is 0 Å². The van der Waals surface area contributed by atoms with Crippen molar-refractivity contribution in [3.8, 4) is 11.3 Å². The summed E-state index contributed by atoms with van der Waals surface area (Å²) in [5.41, 5.74) is 7.44. The standard InChI is InChI=1S/C27H31N5O2S/c1-3-19-4-2-6-23(22(19)5-1)25-26-24(28-27(29-25)32-11-13-33-14-12-32)20(18-35-26)15-30-7-9-31(10-8-30)21-16-34-17-21/h1-2,4-6,18,21H,3,7-17H2. The van der Waals surface area contributed by atoms with E-state index in [-0.39, 0.29) is 0 Å². The Kier molecular flexibility index (Phi) is 5.79. The maximum atomic E-state index is 5.61. The predicted octanol–water partition coefficient (Wildman–Crippen LogP) is 3.28. The summed E-state index contributed by atoms with van der Waals surface area (Å²) >= 11 is 1.80. The Morgan fingerprint density at radius 3 is 2.63 bits per heavy atom. The van der Waals surface area contributed by atoms with E-state index >= 15 is 0 Å². The Bertz CT molecular complexity index is 1260. The average molecular weight is 490 g/mol. The summed E-state index contributed by atoms with van der Waals surface area (Å²) in [5.74, 6) is 0.838. The molecule has 8 heteroatoms. The number of fused-ring (bicyclic) bond motifs is 2. The van der Waals surface area contributed by atoms with Gasteiger partial charge in [0.15, 0.2) is 0 Å². The van der Waals surface area contributed by atoms with Crippen LogP contribution < -0.4 is 4.90 Å². The first-order chi connectivity index (χ1) is 17.3. The lowest BCUT2D eigenvalue weighted by atomic mass is 10.0. The Morgan fingerprint density at radius 2 is 1.83 bits per heavy atom. The molecular formula is C27H31N5O2S. The molecule has 35 heavy (non-hydrogen) atoms. The number of ether oxygens (including phenoxy) is 2. The van der Waals surface area contributed by atoms with Gasteiger partial charge < -0.3 is 14.4 Å². The molecule has 0 atom stereocenters. The molecule has 182 valence electrons. The van der Waals surface area contributed by atoms with E-state index in [1.54, 1.807) is 11.3 Å². The number of aromatic nitrogens is 2. The van der Waals surface area contributed by atoms with E-state index in [1.807, 2.05) is 0 Å². The lowest BCUT2D eigenvalue weighted by Crippen LogP contribution is -2.56. The molecule has 3 aliphatic heterocycles. The number of anilines is 1. The minimum absolute atomic E-state index is 0.632. The Morgan fingerprint density at radius 1 is 0.971 bits per heavy atom. The maximum Gasteiger partial charge on any atom is 0.226 e. The number of thiophene rings is 1. The van der Waals surface area contributed by atoms with Crippen molar-refractivity contribution in [3.63, 3.8) is 0 Å². The van der Waals surface area contributed by atoms with Gasteiger partial charge in [0.25, 0.3) is 0 Å². The van der Waals surface area contributed by atoms with Crippen molar-refractivity contribution >= 4 is 33.6 Å². The molecule has 0 amide bonds. The Labute approximate surface area is 210 Å². The predicted molar refractivity (Wildman–Crippen MR) is 140 cm³/mol. The molecule has 0 saturated carbocycles. The average Bonchev–Trinajstić information content (AvgIpc) is 3.51. The second-order valence-electron chi connectivity index (χ2n) is 9.90. The molecule has 0 radical (unpaired) electrons. The third-order valence-electron chi connectivity index (χ3n) is 7.78. The van der Waals surface area contributed by atoms with Crippen LogP contribution >= 0.6 is 11.3 Å². The summed E-state index contributed by atoms with van der Waals surface area (Å²) in [4.78, 5) is 17.8. The largest absolute Gasteiger partial charge is 0.378 e. The lowest BCUT2D eigenvalue weighted by molar-refractivity contribution is -0.0773. The van der Waals surface area contributed by atoms with Crippen molar-refractivity contribution in [2.75, 3.05) is 70.6 Å². The zero-order valence-corrected chi connectivity index (χ0v) is 20.8. The first-order valence-corrected chi connectivity index (χ1v) is 13.7. The highest BCUT2D eigenvalue weighted by atomic mass is 32.1. The summed E-state index contributed by atoms with van der Waals surface area (Å²) in [5, 5.41) is 2.32. The van der Waals surface area contributed by atoms with Crippen LogP contribution in [0.3, 0.4) is 0 Å². The van der Waals surface area contributed by atoms with Crippen molar-refractivity contribution in [1.82, 2.24) is 19.8 Å². The van der Waals surface area contributed by atoms with Gasteiger partial charge in [-0.3, -0.25) is 9.80 Å². The van der Waals surface area contributed by atoms with E-state index in [2.05, 4.69) is 50.4 Å². The molecule has 1 aliphatic carbocycles. The summed E-state index contributed by atoms with van der Waals surface area (Å²) < 4.78 is 12.2. The number of hydrogen-bond acceptors (Lipinski definition) is 8. The van der Waals surface area contributed by atoms with Crippen LogP contribution in [-0.4, -0.2) is 91.5 Å². The number of piperazine rings is 1. The van der Waals surface area contributed by atoms with Crippen LogP contribution in [0.5, 0.6) is 0 Å².